The first-order chi connectivity index (χ1) is 16.2. The van der Waals surface area contributed by atoms with Crippen LogP contribution in [-0.4, -0.2) is 21.9 Å². The van der Waals surface area contributed by atoms with E-state index in [0.29, 0.717) is 33.1 Å². The van der Waals surface area contributed by atoms with Gasteiger partial charge in [-0.15, -0.1) is 21.5 Å². The molecule has 0 aliphatic heterocycles. The van der Waals surface area contributed by atoms with Crippen molar-refractivity contribution in [1.29, 1.82) is 5.26 Å². The number of thiophene rings is 1. The lowest BCUT2D eigenvalue weighted by atomic mass is 9.72. The number of halogens is 1. The maximum atomic E-state index is 12.6. The molecule has 1 atom stereocenters. The van der Waals surface area contributed by atoms with Crippen molar-refractivity contribution in [2.75, 3.05) is 11.1 Å². The monoisotopic (exact) mass is 516 g/mol. The summed E-state index contributed by atoms with van der Waals surface area (Å²) >= 11 is 8.53. The lowest BCUT2D eigenvalue weighted by Gasteiger charge is -2.33. The van der Waals surface area contributed by atoms with Crippen molar-refractivity contribution < 1.29 is 13.9 Å². The fourth-order valence-electron chi connectivity index (χ4n) is 3.85. The van der Waals surface area contributed by atoms with Gasteiger partial charge in [0, 0.05) is 9.90 Å². The lowest BCUT2D eigenvalue weighted by molar-refractivity contribution is -0.113. The number of aromatic nitrogens is 2. The second-order valence-corrected chi connectivity index (χ2v) is 11.6. The summed E-state index contributed by atoms with van der Waals surface area (Å²) in [5.41, 5.74) is 1.92. The topological polar surface area (TPSA) is 101 Å². The average Bonchev–Trinajstić information content (AvgIpc) is 3.39. The Balaban J connectivity index is 1.31. The first kappa shape index (κ1) is 24.6. The second kappa shape index (κ2) is 10.4. The van der Waals surface area contributed by atoms with Gasteiger partial charge in [0.1, 0.15) is 16.8 Å². The highest BCUT2D eigenvalue weighted by Crippen LogP contribution is 2.44. The van der Waals surface area contributed by atoms with Gasteiger partial charge in [0.25, 0.3) is 11.1 Å². The number of nitriles is 1. The van der Waals surface area contributed by atoms with Crippen molar-refractivity contribution in [2.24, 2.45) is 11.3 Å². The summed E-state index contributed by atoms with van der Waals surface area (Å²) in [5, 5.41) is 22.1. The zero-order chi connectivity index (χ0) is 24.3. The number of nitrogens with zero attached hydrogens (tertiary/aromatic N) is 3. The van der Waals surface area contributed by atoms with Gasteiger partial charge in [0.2, 0.25) is 5.91 Å². The van der Waals surface area contributed by atoms with Crippen LogP contribution in [0.15, 0.2) is 33.9 Å². The van der Waals surface area contributed by atoms with E-state index in [0.717, 1.165) is 36.6 Å². The summed E-state index contributed by atoms with van der Waals surface area (Å²) in [6, 6.07) is 9.26. The fraction of sp³-hybridized carbons (Fsp3) is 0.417. The minimum Gasteiger partial charge on any atom is -0.484 e. The molecule has 4 rings (SSSR count). The average molecular weight is 517 g/mol. The highest BCUT2D eigenvalue weighted by molar-refractivity contribution is 7.99. The van der Waals surface area contributed by atoms with E-state index in [2.05, 4.69) is 42.4 Å². The SMILES string of the molecule is CC(C)(C)[C@@H]1CCc2c(sc(NC(=O)CSc3nnc(COc4ccc(Cl)cc4)o3)c2C#N)C1. The Kier molecular flexibility index (Phi) is 7.51. The number of nitrogens with one attached hydrogen (secondary N) is 1. The highest BCUT2D eigenvalue weighted by Gasteiger charge is 2.32. The zero-order valence-electron chi connectivity index (χ0n) is 19.2. The first-order valence-electron chi connectivity index (χ1n) is 10.9. The number of hydrogen-bond acceptors (Lipinski definition) is 8. The Morgan fingerprint density at radius 1 is 1.35 bits per heavy atom. The van der Waals surface area contributed by atoms with Crippen LogP contribution in [0.25, 0.3) is 0 Å². The third-order valence-corrected chi connectivity index (χ3v) is 8.05. The molecule has 178 valence electrons. The summed E-state index contributed by atoms with van der Waals surface area (Å²) in [6.07, 6.45) is 2.89. The van der Waals surface area contributed by atoms with Crippen LogP contribution in [0.1, 0.15) is 49.1 Å². The van der Waals surface area contributed by atoms with Crippen LogP contribution in [0.5, 0.6) is 5.75 Å². The van der Waals surface area contributed by atoms with E-state index in [9.17, 15) is 10.1 Å². The van der Waals surface area contributed by atoms with Gasteiger partial charge in [-0.2, -0.15) is 5.26 Å². The van der Waals surface area contributed by atoms with E-state index in [1.807, 2.05) is 0 Å². The number of amides is 1. The number of rotatable bonds is 7. The van der Waals surface area contributed by atoms with Crippen molar-refractivity contribution in [1.82, 2.24) is 10.2 Å². The van der Waals surface area contributed by atoms with Gasteiger partial charge in [0.15, 0.2) is 6.61 Å². The van der Waals surface area contributed by atoms with E-state index < -0.39 is 0 Å². The van der Waals surface area contributed by atoms with Gasteiger partial charge in [-0.3, -0.25) is 4.79 Å². The molecule has 1 aromatic carbocycles. The number of carbonyl (C=O) groups is 1. The fourth-order valence-corrected chi connectivity index (χ4v) is 5.85. The number of anilines is 1. The summed E-state index contributed by atoms with van der Waals surface area (Å²) in [6.45, 7) is 6.89. The number of carbonyl (C=O) groups excluding carboxylic acids is 1. The second-order valence-electron chi connectivity index (χ2n) is 9.17. The Labute approximate surface area is 211 Å². The van der Waals surface area contributed by atoms with Crippen molar-refractivity contribution in [3.63, 3.8) is 0 Å². The normalized spacial score (nSPS) is 15.4. The van der Waals surface area contributed by atoms with E-state index >= 15 is 0 Å². The van der Waals surface area contributed by atoms with Crippen LogP contribution in [0.2, 0.25) is 5.02 Å². The van der Waals surface area contributed by atoms with Crippen LogP contribution in [0.4, 0.5) is 5.00 Å². The van der Waals surface area contributed by atoms with Gasteiger partial charge in [-0.25, -0.2) is 0 Å². The van der Waals surface area contributed by atoms with E-state index in [1.54, 1.807) is 24.3 Å². The Hall–Kier alpha value is -2.54. The van der Waals surface area contributed by atoms with Gasteiger partial charge in [-0.05, 0) is 60.4 Å². The van der Waals surface area contributed by atoms with Gasteiger partial charge in [-0.1, -0.05) is 44.1 Å². The van der Waals surface area contributed by atoms with Crippen LogP contribution in [0, 0.1) is 22.7 Å². The molecule has 0 fully saturated rings. The molecule has 2 aromatic heterocycles. The van der Waals surface area contributed by atoms with E-state index in [-0.39, 0.29) is 28.9 Å². The number of ether oxygens (including phenoxy) is 1. The third-order valence-electron chi connectivity index (χ3n) is 5.81. The lowest BCUT2D eigenvalue weighted by Crippen LogP contribution is -2.26. The molecule has 0 saturated heterocycles. The largest absolute Gasteiger partial charge is 0.484 e. The molecule has 1 aliphatic rings. The first-order valence-corrected chi connectivity index (χ1v) is 13.1. The van der Waals surface area contributed by atoms with E-state index in [4.69, 9.17) is 20.8 Å². The smallest absolute Gasteiger partial charge is 0.277 e. The summed E-state index contributed by atoms with van der Waals surface area (Å²) in [7, 11) is 0. The molecule has 1 aliphatic carbocycles. The number of thioether (sulfide) groups is 1. The molecule has 10 heteroatoms. The van der Waals surface area contributed by atoms with Crippen molar-refractivity contribution in [3.05, 3.63) is 51.2 Å². The van der Waals surface area contributed by atoms with Crippen LogP contribution >= 0.6 is 34.7 Å². The standard InChI is InChI=1S/C24H25ClN4O3S2/c1-24(2,3)14-4-9-17-18(11-26)22(34-19(17)10-14)27-20(30)13-33-23-29-28-21(32-23)12-31-16-7-5-15(25)6-8-16/h5-8,14H,4,9-10,12-13H2,1-3H3,(H,27,30)/t14-/m1/s1. The molecule has 3 aromatic rings. The summed E-state index contributed by atoms with van der Waals surface area (Å²) in [5.74, 6) is 1.39. The van der Waals surface area contributed by atoms with Crippen molar-refractivity contribution >= 4 is 45.6 Å². The molecule has 2 heterocycles. The molecule has 0 bridgehead atoms. The molecule has 0 saturated carbocycles. The molecule has 0 radical (unpaired) electrons. The van der Waals surface area contributed by atoms with E-state index in [1.165, 1.54) is 16.2 Å². The molecule has 1 N–H and O–H groups in total. The van der Waals surface area contributed by atoms with Crippen LogP contribution in [-0.2, 0) is 24.2 Å². The minimum absolute atomic E-state index is 0.0950. The van der Waals surface area contributed by atoms with Gasteiger partial charge >= 0.3 is 0 Å². The van der Waals surface area contributed by atoms with Crippen LogP contribution in [0.3, 0.4) is 0 Å². The Morgan fingerprint density at radius 2 is 2.12 bits per heavy atom. The maximum absolute atomic E-state index is 12.6. The minimum atomic E-state index is -0.218. The number of hydrogen-bond donors (Lipinski definition) is 1. The molecule has 34 heavy (non-hydrogen) atoms. The number of benzene rings is 1. The van der Waals surface area contributed by atoms with Crippen molar-refractivity contribution in [3.8, 4) is 11.8 Å². The zero-order valence-corrected chi connectivity index (χ0v) is 21.6. The molecule has 0 spiro atoms. The Morgan fingerprint density at radius 3 is 2.82 bits per heavy atom. The molecular weight excluding hydrogens is 492 g/mol. The van der Waals surface area contributed by atoms with Crippen LogP contribution < -0.4 is 10.1 Å². The molecule has 7 nitrogen and oxygen atoms in total. The Bertz CT molecular complexity index is 1210. The molecule has 1 amide bonds. The summed E-state index contributed by atoms with van der Waals surface area (Å²) < 4.78 is 11.1. The summed E-state index contributed by atoms with van der Waals surface area (Å²) in [4.78, 5) is 13.8. The third kappa shape index (κ3) is 5.93. The van der Waals surface area contributed by atoms with Crippen molar-refractivity contribution in [2.45, 2.75) is 51.9 Å². The molecule has 0 unspecified atom stereocenters. The predicted octanol–water partition coefficient (Wildman–Crippen LogP) is 6.12. The quantitative estimate of drug-likeness (QED) is 0.377. The highest BCUT2D eigenvalue weighted by atomic mass is 35.5. The number of fused-ring (bicyclic) bond motifs is 1. The maximum Gasteiger partial charge on any atom is 0.277 e. The van der Waals surface area contributed by atoms with Gasteiger partial charge in [0.05, 0.1) is 11.3 Å². The molecular formula is C24H25ClN4O3S2. The predicted molar refractivity (Wildman–Crippen MR) is 133 cm³/mol. The van der Waals surface area contributed by atoms with Gasteiger partial charge < -0.3 is 14.5 Å².